The van der Waals surface area contributed by atoms with Gasteiger partial charge in [0.05, 0.1) is 0 Å². The van der Waals surface area contributed by atoms with Crippen LogP contribution >= 0.6 is 0 Å². The van der Waals surface area contributed by atoms with Crippen molar-refractivity contribution in [1.82, 2.24) is 0 Å². The van der Waals surface area contributed by atoms with Gasteiger partial charge in [-0.05, 0) is 64.8 Å². The molecule has 0 spiro atoms. The second-order valence-electron chi connectivity index (χ2n) is 12.5. The van der Waals surface area contributed by atoms with Crippen molar-refractivity contribution in [2.24, 2.45) is 0 Å². The molecule has 2 aromatic rings. The average molecular weight is 393 g/mol. The van der Waals surface area contributed by atoms with Gasteiger partial charge in [0, 0.05) is 11.1 Å². The topological polar surface area (TPSA) is 9.23 Å². The summed E-state index contributed by atoms with van der Waals surface area (Å²) in [5.41, 5.74) is 8.47. The molecule has 0 radical (unpaired) electrons. The van der Waals surface area contributed by atoms with Gasteiger partial charge in [0.2, 0.25) is 0 Å². The molecule has 0 bridgehead atoms. The fourth-order valence-corrected chi connectivity index (χ4v) is 4.06. The summed E-state index contributed by atoms with van der Waals surface area (Å²) in [6.45, 7) is 25.0. The van der Waals surface area contributed by atoms with Crippen LogP contribution < -0.4 is 4.74 Å². The predicted molar refractivity (Wildman–Crippen MR) is 125 cm³/mol. The molecule has 3 rings (SSSR count). The molecule has 0 aromatic heterocycles. The molecule has 1 aliphatic heterocycles. The number of ether oxygens (including phenoxy) is 1. The van der Waals surface area contributed by atoms with Crippen molar-refractivity contribution < 1.29 is 4.74 Å². The smallest absolute Gasteiger partial charge is 0.132 e. The van der Waals surface area contributed by atoms with E-state index in [1.54, 1.807) is 0 Å². The molecule has 0 aliphatic carbocycles. The van der Waals surface area contributed by atoms with E-state index >= 15 is 0 Å². The first kappa shape index (κ1) is 21.9. The lowest BCUT2D eigenvalue weighted by Crippen LogP contribution is -2.37. The van der Waals surface area contributed by atoms with Crippen molar-refractivity contribution in [3.05, 3.63) is 63.7 Å². The SMILES string of the molecule is CC(C)(C)c1cc(Cc2cc(C(C)(C)C)c3c(c2)C(C)(C)O3)cc(C(C)(C)C)c1. The second kappa shape index (κ2) is 6.62. The molecule has 0 fully saturated rings. The standard InChI is InChI=1S/C28H40O/c1-25(2,3)20-13-18(14-21(17-20)26(4,5)6)12-19-15-22(27(7,8)9)24-23(16-19)28(10,11)29-24/h13-17H,12H2,1-11H3. The summed E-state index contributed by atoms with van der Waals surface area (Å²) in [7, 11) is 0. The van der Waals surface area contributed by atoms with E-state index in [0.717, 1.165) is 12.2 Å². The van der Waals surface area contributed by atoms with Crippen molar-refractivity contribution >= 4 is 0 Å². The Morgan fingerprint density at radius 2 is 1.14 bits per heavy atom. The zero-order chi connectivity index (χ0) is 22.0. The summed E-state index contributed by atoms with van der Waals surface area (Å²) in [5, 5.41) is 0. The number of benzene rings is 2. The minimum absolute atomic E-state index is 0.0699. The highest BCUT2D eigenvalue weighted by Gasteiger charge is 2.40. The summed E-state index contributed by atoms with van der Waals surface area (Å²) < 4.78 is 6.16. The third kappa shape index (κ3) is 4.39. The Bertz CT molecular complexity index is 892. The Labute approximate surface area is 178 Å². The first-order valence-electron chi connectivity index (χ1n) is 11.0. The number of rotatable bonds is 2. The van der Waals surface area contributed by atoms with Gasteiger partial charge in [-0.15, -0.1) is 0 Å². The molecule has 1 heteroatoms. The molecule has 0 saturated carbocycles. The lowest BCUT2D eigenvalue weighted by atomic mass is 9.77. The summed E-state index contributed by atoms with van der Waals surface area (Å²) >= 11 is 0. The molecule has 29 heavy (non-hydrogen) atoms. The van der Waals surface area contributed by atoms with Crippen LogP contribution in [0.1, 0.15) is 110 Å². The minimum Gasteiger partial charge on any atom is -0.482 e. The molecule has 1 aliphatic rings. The van der Waals surface area contributed by atoms with Gasteiger partial charge in [-0.2, -0.15) is 0 Å². The van der Waals surface area contributed by atoms with Crippen molar-refractivity contribution in [3.63, 3.8) is 0 Å². The molecule has 0 N–H and O–H groups in total. The lowest BCUT2D eigenvalue weighted by molar-refractivity contribution is 0.0483. The molecule has 0 saturated heterocycles. The minimum atomic E-state index is -0.185. The summed E-state index contributed by atoms with van der Waals surface area (Å²) in [4.78, 5) is 0. The maximum Gasteiger partial charge on any atom is 0.132 e. The van der Waals surface area contributed by atoms with E-state index in [4.69, 9.17) is 4.74 Å². The third-order valence-electron chi connectivity index (χ3n) is 6.10. The molecule has 0 unspecified atom stereocenters. The van der Waals surface area contributed by atoms with E-state index in [2.05, 4.69) is 106 Å². The van der Waals surface area contributed by atoms with E-state index in [1.807, 2.05) is 0 Å². The highest BCUT2D eigenvalue weighted by atomic mass is 16.5. The normalized spacial score (nSPS) is 16.1. The summed E-state index contributed by atoms with van der Waals surface area (Å²) in [5.74, 6) is 1.10. The fraction of sp³-hybridized carbons (Fsp3) is 0.571. The average Bonchev–Trinajstić information content (AvgIpc) is 2.52. The van der Waals surface area contributed by atoms with Crippen LogP contribution in [0.3, 0.4) is 0 Å². The van der Waals surface area contributed by atoms with Gasteiger partial charge in [-0.3, -0.25) is 0 Å². The quantitative estimate of drug-likeness (QED) is 0.506. The van der Waals surface area contributed by atoms with Gasteiger partial charge in [0.25, 0.3) is 0 Å². The van der Waals surface area contributed by atoms with Crippen molar-refractivity contribution in [2.75, 3.05) is 0 Å². The van der Waals surface area contributed by atoms with E-state index in [9.17, 15) is 0 Å². The van der Waals surface area contributed by atoms with Crippen LogP contribution in [-0.4, -0.2) is 0 Å². The summed E-state index contributed by atoms with van der Waals surface area (Å²) in [6.07, 6.45) is 0.958. The molecular weight excluding hydrogens is 352 g/mol. The van der Waals surface area contributed by atoms with Gasteiger partial charge in [-0.25, -0.2) is 0 Å². The Balaban J connectivity index is 2.10. The maximum absolute atomic E-state index is 6.16. The number of fused-ring (bicyclic) bond motifs is 1. The zero-order valence-corrected chi connectivity index (χ0v) is 20.5. The highest BCUT2D eigenvalue weighted by Crippen LogP contribution is 2.50. The number of hydrogen-bond donors (Lipinski definition) is 0. The molecule has 2 aromatic carbocycles. The van der Waals surface area contributed by atoms with Crippen LogP contribution in [0.5, 0.6) is 5.75 Å². The second-order valence-corrected chi connectivity index (χ2v) is 12.5. The Morgan fingerprint density at radius 3 is 1.55 bits per heavy atom. The van der Waals surface area contributed by atoms with E-state index in [-0.39, 0.29) is 21.8 Å². The van der Waals surface area contributed by atoms with Gasteiger partial charge in [-0.1, -0.05) is 86.6 Å². The van der Waals surface area contributed by atoms with Crippen LogP contribution in [0.15, 0.2) is 30.3 Å². The maximum atomic E-state index is 6.16. The Kier molecular flexibility index (Phi) is 5.01. The largest absolute Gasteiger partial charge is 0.482 e. The summed E-state index contributed by atoms with van der Waals surface area (Å²) in [6, 6.07) is 12.0. The van der Waals surface area contributed by atoms with Gasteiger partial charge < -0.3 is 4.74 Å². The van der Waals surface area contributed by atoms with Gasteiger partial charge in [0.1, 0.15) is 11.4 Å². The monoisotopic (exact) mass is 392 g/mol. The van der Waals surface area contributed by atoms with Crippen LogP contribution in [0.25, 0.3) is 0 Å². The molecular formula is C28H40O. The molecule has 0 amide bonds. The lowest BCUT2D eigenvalue weighted by Gasteiger charge is -2.42. The van der Waals surface area contributed by atoms with Gasteiger partial charge >= 0.3 is 0 Å². The molecule has 158 valence electrons. The van der Waals surface area contributed by atoms with Gasteiger partial charge in [0.15, 0.2) is 0 Å². The van der Waals surface area contributed by atoms with Crippen molar-refractivity contribution in [1.29, 1.82) is 0 Å². The highest BCUT2D eigenvalue weighted by molar-refractivity contribution is 5.56. The van der Waals surface area contributed by atoms with Crippen molar-refractivity contribution in [3.8, 4) is 5.75 Å². The molecule has 1 heterocycles. The Hall–Kier alpha value is -1.76. The van der Waals surface area contributed by atoms with E-state index < -0.39 is 0 Å². The first-order chi connectivity index (χ1) is 13.0. The van der Waals surface area contributed by atoms with Crippen molar-refractivity contribution in [2.45, 2.75) is 104 Å². The third-order valence-corrected chi connectivity index (χ3v) is 6.10. The van der Waals surface area contributed by atoms with Crippen LogP contribution in [0.2, 0.25) is 0 Å². The van der Waals surface area contributed by atoms with E-state index in [1.165, 1.54) is 33.4 Å². The first-order valence-corrected chi connectivity index (χ1v) is 11.0. The molecule has 1 nitrogen and oxygen atoms in total. The van der Waals surface area contributed by atoms with Crippen LogP contribution in [0, 0.1) is 0 Å². The fourth-order valence-electron chi connectivity index (χ4n) is 4.06. The predicted octanol–water partition coefficient (Wildman–Crippen LogP) is 7.80. The van der Waals surface area contributed by atoms with Crippen LogP contribution in [-0.2, 0) is 28.3 Å². The Morgan fingerprint density at radius 1 is 0.655 bits per heavy atom. The zero-order valence-electron chi connectivity index (χ0n) is 20.5. The van der Waals surface area contributed by atoms with Crippen LogP contribution in [0.4, 0.5) is 0 Å². The molecule has 0 atom stereocenters. The number of hydrogen-bond acceptors (Lipinski definition) is 1. The van der Waals surface area contributed by atoms with E-state index in [0.29, 0.717) is 0 Å².